The van der Waals surface area contributed by atoms with Crippen molar-refractivity contribution in [2.45, 2.75) is 25.2 Å². The normalized spacial score (nSPS) is 15.1. The monoisotopic (exact) mass is 413 g/mol. The number of carbonyl (C=O) groups is 2. The molecule has 0 aromatic heterocycles. The molecule has 1 aromatic rings. The Morgan fingerprint density at radius 3 is 2.46 bits per heavy atom. The van der Waals surface area contributed by atoms with Crippen molar-refractivity contribution in [3.05, 3.63) is 29.3 Å². The van der Waals surface area contributed by atoms with Crippen molar-refractivity contribution in [2.75, 3.05) is 46.0 Å². The summed E-state index contributed by atoms with van der Waals surface area (Å²) in [6.45, 7) is 5.53. The molecule has 1 heterocycles. The maximum atomic E-state index is 13.0. The number of amides is 2. The number of nitrogens with one attached hydrogen (secondary N) is 2. The van der Waals surface area contributed by atoms with Crippen LogP contribution >= 0.6 is 0 Å². The zero-order chi connectivity index (χ0) is 20.6. The van der Waals surface area contributed by atoms with Gasteiger partial charge in [0.1, 0.15) is 0 Å². The minimum Gasteiger partial charge on any atom is -0.450 e. The van der Waals surface area contributed by atoms with Crippen LogP contribution in [-0.4, -0.2) is 70.7 Å². The summed E-state index contributed by atoms with van der Waals surface area (Å²) in [5.74, 6) is -0.410. The first-order valence-electron chi connectivity index (χ1n) is 9.29. The molecule has 0 spiro atoms. The van der Waals surface area contributed by atoms with E-state index in [2.05, 4.69) is 10.6 Å². The van der Waals surface area contributed by atoms with Crippen LogP contribution in [0.2, 0.25) is 0 Å². The molecule has 10 heteroatoms. The van der Waals surface area contributed by atoms with Gasteiger partial charge in [0.15, 0.2) is 0 Å². The second kappa shape index (κ2) is 10.4. The average molecular weight is 413 g/mol. The standard InChI is InChI=1S/C18H27N3O6S/c1-3-14-5-6-15(17(22)19-7-8-20-18(23)27-4-2)13-16(14)28(24,25)21-9-11-26-12-10-21/h5-6,13H,3-4,7-12H2,1-2H3,(H,19,22)(H,20,23). The highest BCUT2D eigenvalue weighted by molar-refractivity contribution is 7.89. The molecule has 28 heavy (non-hydrogen) atoms. The lowest BCUT2D eigenvalue weighted by molar-refractivity contribution is 0.0730. The van der Waals surface area contributed by atoms with E-state index in [1.807, 2.05) is 6.92 Å². The first-order chi connectivity index (χ1) is 13.4. The van der Waals surface area contributed by atoms with Gasteiger partial charge in [-0.15, -0.1) is 0 Å². The SMILES string of the molecule is CCOC(=O)NCCNC(=O)c1ccc(CC)c(S(=O)(=O)N2CCOCC2)c1. The molecule has 1 saturated heterocycles. The Balaban J connectivity index is 2.09. The van der Waals surface area contributed by atoms with Gasteiger partial charge in [-0.3, -0.25) is 4.79 Å². The fourth-order valence-corrected chi connectivity index (χ4v) is 4.51. The van der Waals surface area contributed by atoms with Crippen LogP contribution < -0.4 is 10.6 Å². The summed E-state index contributed by atoms with van der Waals surface area (Å²) < 4.78 is 37.4. The summed E-state index contributed by atoms with van der Waals surface area (Å²) in [6.07, 6.45) is -0.0208. The molecule has 1 aliphatic heterocycles. The quantitative estimate of drug-likeness (QED) is 0.608. The summed E-state index contributed by atoms with van der Waals surface area (Å²) >= 11 is 0. The Bertz CT molecular complexity index is 791. The lowest BCUT2D eigenvalue weighted by Crippen LogP contribution is -2.41. The van der Waals surface area contributed by atoms with Crippen LogP contribution in [0.3, 0.4) is 0 Å². The minimum absolute atomic E-state index is 0.147. The van der Waals surface area contributed by atoms with Gasteiger partial charge in [-0.25, -0.2) is 13.2 Å². The molecule has 0 bridgehead atoms. The van der Waals surface area contributed by atoms with Crippen LogP contribution in [0.15, 0.2) is 23.1 Å². The Hall–Kier alpha value is -2.17. The van der Waals surface area contributed by atoms with Gasteiger partial charge in [-0.2, -0.15) is 4.31 Å². The molecular formula is C18H27N3O6S. The largest absolute Gasteiger partial charge is 0.450 e. The van der Waals surface area contributed by atoms with Crippen molar-refractivity contribution in [1.82, 2.24) is 14.9 Å². The Morgan fingerprint density at radius 2 is 1.82 bits per heavy atom. The lowest BCUT2D eigenvalue weighted by Gasteiger charge is -2.27. The van der Waals surface area contributed by atoms with E-state index in [-0.39, 0.29) is 30.2 Å². The average Bonchev–Trinajstić information content (AvgIpc) is 2.71. The van der Waals surface area contributed by atoms with Crippen LogP contribution in [0.4, 0.5) is 4.79 Å². The molecule has 1 fully saturated rings. The Kier molecular flexibility index (Phi) is 8.21. The molecule has 156 valence electrons. The smallest absolute Gasteiger partial charge is 0.407 e. The van der Waals surface area contributed by atoms with Gasteiger partial charge >= 0.3 is 6.09 Å². The van der Waals surface area contributed by atoms with Crippen LogP contribution in [0, 0.1) is 0 Å². The highest BCUT2D eigenvalue weighted by Gasteiger charge is 2.29. The van der Waals surface area contributed by atoms with Crippen molar-refractivity contribution >= 4 is 22.0 Å². The molecular weight excluding hydrogens is 386 g/mol. The highest BCUT2D eigenvalue weighted by atomic mass is 32.2. The van der Waals surface area contributed by atoms with Gasteiger partial charge in [0, 0.05) is 31.7 Å². The van der Waals surface area contributed by atoms with Crippen molar-refractivity contribution in [3.63, 3.8) is 0 Å². The Morgan fingerprint density at radius 1 is 1.14 bits per heavy atom. The van der Waals surface area contributed by atoms with Gasteiger partial charge in [-0.05, 0) is 31.0 Å². The van der Waals surface area contributed by atoms with Crippen molar-refractivity contribution in [3.8, 4) is 0 Å². The lowest BCUT2D eigenvalue weighted by atomic mass is 10.1. The molecule has 2 amide bonds. The van der Waals surface area contributed by atoms with Crippen molar-refractivity contribution < 1.29 is 27.5 Å². The van der Waals surface area contributed by atoms with E-state index < -0.39 is 22.0 Å². The van der Waals surface area contributed by atoms with Gasteiger partial charge < -0.3 is 20.1 Å². The third kappa shape index (κ3) is 5.66. The summed E-state index contributed by atoms with van der Waals surface area (Å²) in [4.78, 5) is 23.7. The van der Waals surface area contributed by atoms with Crippen molar-refractivity contribution in [2.24, 2.45) is 0 Å². The first-order valence-corrected chi connectivity index (χ1v) is 10.7. The molecule has 9 nitrogen and oxygen atoms in total. The summed E-state index contributed by atoms with van der Waals surface area (Å²) in [5.41, 5.74) is 0.909. The third-order valence-electron chi connectivity index (χ3n) is 4.25. The maximum absolute atomic E-state index is 13.0. The van der Waals surface area contributed by atoms with Gasteiger partial charge in [0.2, 0.25) is 10.0 Å². The predicted octanol–water partition coefficient (Wildman–Crippen LogP) is 0.746. The molecule has 0 aliphatic carbocycles. The van der Waals surface area contributed by atoms with E-state index in [0.29, 0.717) is 38.3 Å². The third-order valence-corrected chi connectivity index (χ3v) is 6.23. The van der Waals surface area contributed by atoms with E-state index >= 15 is 0 Å². The molecule has 0 radical (unpaired) electrons. The molecule has 1 aliphatic rings. The van der Waals surface area contributed by atoms with Gasteiger partial charge in [-0.1, -0.05) is 13.0 Å². The zero-order valence-electron chi connectivity index (χ0n) is 16.2. The number of carbonyl (C=O) groups excluding carboxylic acids is 2. The van der Waals surface area contributed by atoms with E-state index in [0.717, 1.165) is 0 Å². The topological polar surface area (TPSA) is 114 Å². The second-order valence-corrected chi connectivity index (χ2v) is 8.00. The molecule has 0 saturated carbocycles. The van der Waals surface area contributed by atoms with Gasteiger partial charge in [0.25, 0.3) is 5.91 Å². The minimum atomic E-state index is -3.70. The van der Waals surface area contributed by atoms with E-state index in [4.69, 9.17) is 9.47 Å². The van der Waals surface area contributed by atoms with Crippen molar-refractivity contribution in [1.29, 1.82) is 0 Å². The number of nitrogens with zero attached hydrogens (tertiary/aromatic N) is 1. The number of sulfonamides is 1. The number of hydrogen-bond donors (Lipinski definition) is 2. The maximum Gasteiger partial charge on any atom is 0.407 e. The summed E-state index contributed by atoms with van der Waals surface area (Å²) in [6, 6.07) is 4.68. The summed E-state index contributed by atoms with van der Waals surface area (Å²) in [5, 5.41) is 5.15. The molecule has 0 unspecified atom stereocenters. The fraction of sp³-hybridized carbons (Fsp3) is 0.556. The van der Waals surface area contributed by atoms with E-state index in [9.17, 15) is 18.0 Å². The Labute approximate surface area is 165 Å². The fourth-order valence-electron chi connectivity index (χ4n) is 2.78. The highest BCUT2D eigenvalue weighted by Crippen LogP contribution is 2.23. The zero-order valence-corrected chi connectivity index (χ0v) is 17.0. The van der Waals surface area contributed by atoms with Gasteiger partial charge in [0.05, 0.1) is 24.7 Å². The number of ether oxygens (including phenoxy) is 2. The number of rotatable bonds is 8. The molecule has 2 rings (SSSR count). The van der Waals surface area contributed by atoms with Crippen LogP contribution in [-0.2, 0) is 25.9 Å². The second-order valence-electron chi connectivity index (χ2n) is 6.10. The van der Waals surface area contributed by atoms with Crippen LogP contribution in [0.1, 0.15) is 29.8 Å². The number of alkyl carbamates (subject to hydrolysis) is 1. The van der Waals surface area contributed by atoms with Crippen LogP contribution in [0.5, 0.6) is 0 Å². The van der Waals surface area contributed by atoms with Crippen LogP contribution in [0.25, 0.3) is 0 Å². The number of benzene rings is 1. The first kappa shape index (κ1) is 22.1. The number of hydrogen-bond acceptors (Lipinski definition) is 6. The molecule has 1 aromatic carbocycles. The number of aryl methyl sites for hydroxylation is 1. The van der Waals surface area contributed by atoms with E-state index in [1.54, 1.807) is 19.1 Å². The molecule has 2 N–H and O–H groups in total. The molecule has 0 atom stereocenters. The van der Waals surface area contributed by atoms with E-state index in [1.165, 1.54) is 10.4 Å². The number of morpholine rings is 1. The summed E-state index contributed by atoms with van der Waals surface area (Å²) in [7, 11) is -3.70. The predicted molar refractivity (Wildman–Crippen MR) is 103 cm³/mol.